The summed E-state index contributed by atoms with van der Waals surface area (Å²) in [6, 6.07) is 11.4. The van der Waals surface area contributed by atoms with Gasteiger partial charge >= 0.3 is 5.97 Å². The van der Waals surface area contributed by atoms with Crippen molar-refractivity contribution in [2.45, 2.75) is 19.8 Å². The molecule has 1 aromatic heterocycles. The maximum absolute atomic E-state index is 12.5. The van der Waals surface area contributed by atoms with Crippen LogP contribution in [0.25, 0.3) is 11.0 Å². The number of benzene rings is 2. The predicted octanol–water partition coefficient (Wildman–Crippen LogP) is 4.55. The molecule has 0 radical (unpaired) electrons. The zero-order chi connectivity index (χ0) is 20.1. The van der Waals surface area contributed by atoms with Crippen LogP contribution in [0.5, 0.6) is 11.5 Å². The molecule has 1 N–H and O–H groups in total. The topological polar surface area (TPSA) is 86.0 Å². The lowest BCUT2D eigenvalue weighted by atomic mass is 10.1. The van der Waals surface area contributed by atoms with Gasteiger partial charge in [-0.05, 0) is 42.3 Å². The number of carbonyl (C=O) groups is 1. The van der Waals surface area contributed by atoms with Gasteiger partial charge < -0.3 is 19.0 Å². The summed E-state index contributed by atoms with van der Waals surface area (Å²) in [4.78, 5) is 23.7. The molecule has 6 nitrogen and oxygen atoms in total. The second kappa shape index (κ2) is 8.80. The Balaban J connectivity index is 1.82. The van der Waals surface area contributed by atoms with E-state index in [-0.39, 0.29) is 24.2 Å². The minimum atomic E-state index is -1.29. The molecule has 0 spiro atoms. The predicted molar refractivity (Wildman–Crippen MR) is 106 cm³/mol. The van der Waals surface area contributed by atoms with Crippen LogP contribution >= 0.6 is 11.6 Å². The first-order valence-corrected chi connectivity index (χ1v) is 9.21. The van der Waals surface area contributed by atoms with Gasteiger partial charge in [0.25, 0.3) is 0 Å². The van der Waals surface area contributed by atoms with Crippen molar-refractivity contribution >= 4 is 28.5 Å². The lowest BCUT2D eigenvalue weighted by Gasteiger charge is -2.12. The summed E-state index contributed by atoms with van der Waals surface area (Å²) in [6.07, 6.45) is 1.48. The van der Waals surface area contributed by atoms with Gasteiger partial charge in [-0.1, -0.05) is 31.0 Å². The molecule has 7 heteroatoms. The van der Waals surface area contributed by atoms with E-state index in [0.717, 1.165) is 18.1 Å². The zero-order valence-electron chi connectivity index (χ0n) is 15.2. The Kier molecular flexibility index (Phi) is 6.21. The molecule has 1 heterocycles. The molecule has 0 aliphatic rings. The summed E-state index contributed by atoms with van der Waals surface area (Å²) >= 11 is 5.83. The number of carboxylic acids is 1. The lowest BCUT2D eigenvalue weighted by Crippen LogP contribution is -2.12. The van der Waals surface area contributed by atoms with Crippen LogP contribution in [0, 0.1) is 0 Å². The highest BCUT2D eigenvalue weighted by molar-refractivity contribution is 6.30. The number of rotatable bonds is 8. The largest absolute Gasteiger partial charge is 0.490 e. The van der Waals surface area contributed by atoms with E-state index in [0.29, 0.717) is 22.9 Å². The molecule has 0 amide bonds. The van der Waals surface area contributed by atoms with Crippen LogP contribution in [0.4, 0.5) is 0 Å². The van der Waals surface area contributed by atoms with Crippen LogP contribution in [0.1, 0.15) is 29.5 Å². The third-order valence-corrected chi connectivity index (χ3v) is 4.33. The van der Waals surface area contributed by atoms with E-state index in [4.69, 9.17) is 30.6 Å². The summed E-state index contributed by atoms with van der Waals surface area (Å²) in [5.41, 5.74) is 0.565. The van der Waals surface area contributed by atoms with Crippen LogP contribution in [0.15, 0.2) is 51.7 Å². The van der Waals surface area contributed by atoms with Gasteiger partial charge in [-0.3, -0.25) is 4.79 Å². The van der Waals surface area contributed by atoms with Crippen molar-refractivity contribution in [3.63, 3.8) is 0 Å². The average molecular weight is 403 g/mol. The van der Waals surface area contributed by atoms with Crippen molar-refractivity contribution in [2.24, 2.45) is 0 Å². The average Bonchev–Trinajstić information content (AvgIpc) is 2.67. The van der Waals surface area contributed by atoms with E-state index in [1.807, 2.05) is 6.92 Å². The minimum absolute atomic E-state index is 0.199. The zero-order valence-corrected chi connectivity index (χ0v) is 16.0. The first-order valence-electron chi connectivity index (χ1n) is 8.83. The summed E-state index contributed by atoms with van der Waals surface area (Å²) in [5, 5.41) is 10.0. The fourth-order valence-electron chi connectivity index (χ4n) is 2.82. The van der Waals surface area contributed by atoms with Crippen molar-refractivity contribution in [3.8, 4) is 11.5 Å². The maximum Gasteiger partial charge on any atom is 0.371 e. The Morgan fingerprint density at radius 3 is 2.50 bits per heavy atom. The maximum atomic E-state index is 12.5. The van der Waals surface area contributed by atoms with Crippen LogP contribution in [-0.2, 0) is 6.42 Å². The normalized spacial score (nSPS) is 10.8. The molecular formula is C21H19ClO6. The van der Waals surface area contributed by atoms with Gasteiger partial charge in [0.15, 0.2) is 5.43 Å². The smallest absolute Gasteiger partial charge is 0.371 e. The van der Waals surface area contributed by atoms with Crippen molar-refractivity contribution in [1.29, 1.82) is 0 Å². The molecule has 0 fully saturated rings. The quantitative estimate of drug-likeness (QED) is 0.556. The van der Waals surface area contributed by atoms with Gasteiger partial charge in [-0.15, -0.1) is 0 Å². The number of carboxylic acid groups (broad SMARTS) is 1. The molecule has 2 aromatic carbocycles. The van der Waals surface area contributed by atoms with E-state index in [1.165, 1.54) is 0 Å². The highest BCUT2D eigenvalue weighted by Crippen LogP contribution is 2.28. The van der Waals surface area contributed by atoms with Gasteiger partial charge in [0.2, 0.25) is 5.76 Å². The number of hydrogen-bond acceptors (Lipinski definition) is 5. The molecule has 0 aliphatic heterocycles. The Morgan fingerprint density at radius 2 is 1.82 bits per heavy atom. The number of fused-ring (bicyclic) bond motifs is 1. The van der Waals surface area contributed by atoms with Crippen molar-refractivity contribution in [1.82, 2.24) is 0 Å². The van der Waals surface area contributed by atoms with Crippen LogP contribution in [-0.4, -0.2) is 24.3 Å². The van der Waals surface area contributed by atoms with Gasteiger partial charge in [0.05, 0.1) is 0 Å². The van der Waals surface area contributed by atoms with Gasteiger partial charge in [-0.2, -0.15) is 0 Å². The molecule has 0 saturated heterocycles. The molecule has 0 atom stereocenters. The number of hydrogen-bond donors (Lipinski definition) is 1. The monoisotopic (exact) mass is 402 g/mol. The number of halogens is 1. The first-order chi connectivity index (χ1) is 13.5. The second-order valence-electron chi connectivity index (χ2n) is 6.11. The molecule has 0 aliphatic carbocycles. The molecule has 146 valence electrons. The third kappa shape index (κ3) is 4.46. The van der Waals surface area contributed by atoms with E-state index in [2.05, 4.69) is 0 Å². The Labute approximate surface area is 166 Å². The SMILES string of the molecule is CCCc1ccc(OCCOc2ccc(Cl)cc2)c2c(=O)cc(C(=O)O)oc12. The second-order valence-corrected chi connectivity index (χ2v) is 6.54. The fourth-order valence-corrected chi connectivity index (χ4v) is 2.95. The number of aryl methyl sites for hydroxylation is 1. The molecule has 28 heavy (non-hydrogen) atoms. The molecular weight excluding hydrogens is 384 g/mol. The van der Waals surface area contributed by atoms with Crippen LogP contribution in [0.2, 0.25) is 5.02 Å². The van der Waals surface area contributed by atoms with Crippen molar-refractivity contribution < 1.29 is 23.8 Å². The van der Waals surface area contributed by atoms with Gasteiger partial charge in [0.1, 0.15) is 35.7 Å². The van der Waals surface area contributed by atoms with Crippen molar-refractivity contribution in [2.75, 3.05) is 13.2 Å². The van der Waals surface area contributed by atoms with Gasteiger partial charge in [-0.25, -0.2) is 4.79 Å². The van der Waals surface area contributed by atoms with Crippen LogP contribution in [0.3, 0.4) is 0 Å². The van der Waals surface area contributed by atoms with E-state index >= 15 is 0 Å². The summed E-state index contributed by atoms with van der Waals surface area (Å²) < 4.78 is 16.8. The molecule has 0 saturated carbocycles. The summed E-state index contributed by atoms with van der Waals surface area (Å²) in [6.45, 7) is 2.45. The lowest BCUT2D eigenvalue weighted by molar-refractivity contribution is 0.0663. The molecule has 3 rings (SSSR count). The highest BCUT2D eigenvalue weighted by Gasteiger charge is 2.17. The fraction of sp³-hybridized carbons (Fsp3) is 0.238. The van der Waals surface area contributed by atoms with E-state index in [9.17, 15) is 9.59 Å². The highest BCUT2D eigenvalue weighted by atomic mass is 35.5. The van der Waals surface area contributed by atoms with E-state index < -0.39 is 17.2 Å². The standard InChI is InChI=1S/C21H19ClO6/c1-2-3-13-4-9-17(19-16(23)12-18(21(24)25)28-20(13)19)27-11-10-26-15-7-5-14(22)6-8-15/h4-9,12H,2-3,10-11H2,1H3,(H,24,25). The Bertz CT molecular complexity index is 1040. The van der Waals surface area contributed by atoms with Gasteiger partial charge in [0, 0.05) is 11.1 Å². The summed E-state index contributed by atoms with van der Waals surface area (Å²) in [5.74, 6) is -0.691. The third-order valence-electron chi connectivity index (χ3n) is 4.07. The molecule has 3 aromatic rings. The minimum Gasteiger partial charge on any atom is -0.490 e. The van der Waals surface area contributed by atoms with Crippen LogP contribution < -0.4 is 14.9 Å². The Morgan fingerprint density at radius 1 is 1.11 bits per heavy atom. The molecule has 0 unspecified atom stereocenters. The number of ether oxygens (including phenoxy) is 2. The van der Waals surface area contributed by atoms with E-state index in [1.54, 1.807) is 36.4 Å². The molecule has 0 bridgehead atoms. The van der Waals surface area contributed by atoms with Crippen molar-refractivity contribution in [3.05, 3.63) is 69.0 Å². The summed E-state index contributed by atoms with van der Waals surface area (Å²) in [7, 11) is 0. The first kappa shape index (κ1) is 19.8. The number of aromatic carboxylic acids is 1. The Hall–Kier alpha value is -2.99.